The second-order valence-corrected chi connectivity index (χ2v) is 11.1. The van der Waals surface area contributed by atoms with Crippen LogP contribution in [0.15, 0.2) is 77.7 Å². The summed E-state index contributed by atoms with van der Waals surface area (Å²) in [5.41, 5.74) is 0.601. The molecule has 0 aromatic heterocycles. The van der Waals surface area contributed by atoms with Gasteiger partial charge < -0.3 is 10.6 Å². The van der Waals surface area contributed by atoms with E-state index in [-0.39, 0.29) is 17.5 Å². The van der Waals surface area contributed by atoms with Gasteiger partial charge in [-0.1, -0.05) is 35.9 Å². The van der Waals surface area contributed by atoms with Crippen LogP contribution in [0, 0.1) is 0 Å². The van der Waals surface area contributed by atoms with E-state index in [0.29, 0.717) is 47.8 Å². The number of rotatable bonds is 8. The van der Waals surface area contributed by atoms with E-state index in [4.69, 9.17) is 11.6 Å². The first-order valence-corrected chi connectivity index (χ1v) is 13.4. The molecule has 1 aliphatic rings. The molecule has 0 saturated carbocycles. The van der Waals surface area contributed by atoms with E-state index < -0.39 is 27.7 Å². The average Bonchev–Trinajstić information content (AvgIpc) is 3.34. The van der Waals surface area contributed by atoms with Gasteiger partial charge in [-0.3, -0.25) is 4.79 Å². The summed E-state index contributed by atoms with van der Waals surface area (Å²) in [5, 5.41) is 6.44. The van der Waals surface area contributed by atoms with E-state index >= 15 is 0 Å². The number of nitrogens with zero attached hydrogens (tertiary/aromatic N) is 1. The maximum absolute atomic E-state index is 13.2. The molecule has 6 nitrogen and oxygen atoms in total. The summed E-state index contributed by atoms with van der Waals surface area (Å²) >= 11 is 5.85. The van der Waals surface area contributed by atoms with Gasteiger partial charge in [-0.2, -0.15) is 17.5 Å². The Labute approximate surface area is 218 Å². The van der Waals surface area contributed by atoms with Gasteiger partial charge >= 0.3 is 6.18 Å². The molecule has 1 saturated heterocycles. The highest BCUT2D eigenvalue weighted by Crippen LogP contribution is 2.29. The van der Waals surface area contributed by atoms with Gasteiger partial charge in [-0.15, -0.1) is 0 Å². The van der Waals surface area contributed by atoms with Crippen LogP contribution in [0.2, 0.25) is 5.02 Å². The molecule has 11 heteroatoms. The molecule has 1 amide bonds. The summed E-state index contributed by atoms with van der Waals surface area (Å²) in [6.07, 6.45) is -3.42. The van der Waals surface area contributed by atoms with Gasteiger partial charge in [0.15, 0.2) is 0 Å². The SMILES string of the molecule is O=C(Nc1cccc(S(=O)(=O)N2CCC(NCCc3cccc(C(F)(F)F)c3)C2)c1)c1ccc(Cl)cc1. The Morgan fingerprint density at radius 2 is 1.76 bits per heavy atom. The third kappa shape index (κ3) is 6.89. The average molecular weight is 552 g/mol. The van der Waals surface area contributed by atoms with Crippen molar-refractivity contribution in [2.75, 3.05) is 25.0 Å². The minimum atomic E-state index is -4.39. The first kappa shape index (κ1) is 27.1. The lowest BCUT2D eigenvalue weighted by Crippen LogP contribution is -2.36. The molecular formula is C26H25ClF3N3O3S. The monoisotopic (exact) mass is 551 g/mol. The Kier molecular flexibility index (Phi) is 8.23. The first-order chi connectivity index (χ1) is 17.5. The highest BCUT2D eigenvalue weighted by atomic mass is 35.5. The molecule has 1 atom stereocenters. The number of halogens is 4. The molecule has 1 unspecified atom stereocenters. The van der Waals surface area contributed by atoms with Crippen LogP contribution in [-0.4, -0.2) is 44.3 Å². The highest BCUT2D eigenvalue weighted by molar-refractivity contribution is 7.89. The Morgan fingerprint density at radius 1 is 1.03 bits per heavy atom. The van der Waals surface area contributed by atoms with Crippen molar-refractivity contribution in [2.45, 2.75) is 30.0 Å². The van der Waals surface area contributed by atoms with Crippen molar-refractivity contribution >= 4 is 33.2 Å². The summed E-state index contributed by atoms with van der Waals surface area (Å²) in [4.78, 5) is 12.5. The maximum Gasteiger partial charge on any atom is 0.416 e. The van der Waals surface area contributed by atoms with Crippen LogP contribution in [-0.2, 0) is 22.6 Å². The topological polar surface area (TPSA) is 78.5 Å². The van der Waals surface area contributed by atoms with Crippen LogP contribution in [0.25, 0.3) is 0 Å². The molecule has 1 aliphatic heterocycles. The van der Waals surface area contributed by atoms with Crippen molar-refractivity contribution in [1.29, 1.82) is 0 Å². The lowest BCUT2D eigenvalue weighted by molar-refractivity contribution is -0.137. The van der Waals surface area contributed by atoms with Crippen LogP contribution < -0.4 is 10.6 Å². The van der Waals surface area contributed by atoms with Crippen molar-refractivity contribution in [1.82, 2.24) is 9.62 Å². The fourth-order valence-corrected chi connectivity index (χ4v) is 5.80. The van der Waals surface area contributed by atoms with Crippen molar-refractivity contribution in [2.24, 2.45) is 0 Å². The van der Waals surface area contributed by atoms with Crippen LogP contribution >= 0.6 is 11.6 Å². The number of alkyl halides is 3. The van der Waals surface area contributed by atoms with Gasteiger partial charge in [0.05, 0.1) is 10.5 Å². The number of hydrogen-bond donors (Lipinski definition) is 2. The number of nitrogens with one attached hydrogen (secondary N) is 2. The van der Waals surface area contributed by atoms with Crippen molar-refractivity contribution in [3.05, 3.63) is 94.5 Å². The summed E-state index contributed by atoms with van der Waals surface area (Å²) < 4.78 is 66.5. The Morgan fingerprint density at radius 3 is 2.49 bits per heavy atom. The summed E-state index contributed by atoms with van der Waals surface area (Å²) in [7, 11) is -3.80. The third-order valence-corrected chi connectivity index (χ3v) is 8.20. The predicted molar refractivity (Wildman–Crippen MR) is 136 cm³/mol. The molecule has 196 valence electrons. The molecule has 1 heterocycles. The van der Waals surface area contributed by atoms with E-state index in [2.05, 4.69) is 10.6 Å². The Balaban J connectivity index is 1.34. The van der Waals surface area contributed by atoms with Crippen molar-refractivity contribution in [3.8, 4) is 0 Å². The lowest BCUT2D eigenvalue weighted by atomic mass is 10.1. The van der Waals surface area contributed by atoms with E-state index in [0.717, 1.165) is 12.1 Å². The second-order valence-electron chi connectivity index (χ2n) is 8.74. The zero-order chi connectivity index (χ0) is 26.6. The smallest absolute Gasteiger partial charge is 0.322 e. The second kappa shape index (κ2) is 11.2. The molecule has 0 spiro atoms. The van der Waals surface area contributed by atoms with Gasteiger partial charge in [0.1, 0.15) is 0 Å². The zero-order valence-electron chi connectivity index (χ0n) is 19.6. The molecule has 3 aromatic rings. The lowest BCUT2D eigenvalue weighted by Gasteiger charge is -2.18. The van der Waals surface area contributed by atoms with Crippen molar-refractivity contribution in [3.63, 3.8) is 0 Å². The molecule has 4 rings (SSSR count). The fraction of sp³-hybridized carbons (Fsp3) is 0.269. The molecular weight excluding hydrogens is 527 g/mol. The number of sulfonamides is 1. The number of hydrogen-bond acceptors (Lipinski definition) is 4. The van der Waals surface area contributed by atoms with Crippen molar-refractivity contribution < 1.29 is 26.4 Å². The summed E-state index contributed by atoms with van der Waals surface area (Å²) in [6, 6.07) is 17.5. The Hall–Kier alpha value is -2.92. The molecule has 0 radical (unpaired) electrons. The van der Waals surface area contributed by atoms with E-state index in [1.54, 1.807) is 42.5 Å². The van der Waals surface area contributed by atoms with E-state index in [1.807, 2.05) is 0 Å². The fourth-order valence-electron chi connectivity index (χ4n) is 4.12. The highest BCUT2D eigenvalue weighted by Gasteiger charge is 2.33. The van der Waals surface area contributed by atoms with Crippen LogP contribution in [0.3, 0.4) is 0 Å². The minimum absolute atomic E-state index is 0.0611. The van der Waals surface area contributed by atoms with Crippen LogP contribution in [0.1, 0.15) is 27.9 Å². The molecule has 3 aromatic carbocycles. The maximum atomic E-state index is 13.2. The first-order valence-electron chi connectivity index (χ1n) is 11.6. The number of amides is 1. The van der Waals surface area contributed by atoms with E-state index in [9.17, 15) is 26.4 Å². The van der Waals surface area contributed by atoms with Gasteiger partial charge in [-0.25, -0.2) is 8.42 Å². The van der Waals surface area contributed by atoms with Gasteiger partial charge in [0.2, 0.25) is 10.0 Å². The normalized spacial score (nSPS) is 16.6. The van der Waals surface area contributed by atoms with Gasteiger partial charge in [-0.05, 0) is 73.5 Å². The van der Waals surface area contributed by atoms with Crippen LogP contribution in [0.5, 0.6) is 0 Å². The van der Waals surface area contributed by atoms with Gasteiger partial charge in [0.25, 0.3) is 5.91 Å². The molecule has 1 fully saturated rings. The Bertz CT molecular complexity index is 1370. The molecule has 0 aliphatic carbocycles. The molecule has 37 heavy (non-hydrogen) atoms. The molecule has 0 bridgehead atoms. The third-order valence-electron chi connectivity index (χ3n) is 6.09. The van der Waals surface area contributed by atoms with Crippen LogP contribution in [0.4, 0.5) is 18.9 Å². The van der Waals surface area contributed by atoms with Gasteiger partial charge in [0, 0.05) is 35.4 Å². The molecule has 2 N–H and O–H groups in total. The number of carbonyl (C=O) groups is 1. The standard InChI is InChI=1S/C26H25ClF3N3O3S/c27-21-9-7-19(8-10-21)25(34)32-22-5-2-6-24(16-22)37(35,36)33-14-12-23(17-33)31-13-11-18-3-1-4-20(15-18)26(28,29)30/h1-10,15-16,23,31H,11-14,17H2,(H,32,34). The minimum Gasteiger partial charge on any atom is -0.322 e. The number of anilines is 1. The summed E-state index contributed by atoms with van der Waals surface area (Å²) in [5.74, 6) is -0.391. The number of carbonyl (C=O) groups excluding carboxylic acids is 1. The predicted octanol–water partition coefficient (Wildman–Crippen LogP) is 5.21. The van der Waals surface area contributed by atoms with E-state index in [1.165, 1.54) is 22.5 Å². The number of benzene rings is 3. The zero-order valence-corrected chi connectivity index (χ0v) is 21.2. The quantitative estimate of drug-likeness (QED) is 0.403. The largest absolute Gasteiger partial charge is 0.416 e. The summed E-state index contributed by atoms with van der Waals surface area (Å²) in [6.45, 7) is 0.975.